The second-order valence-corrected chi connectivity index (χ2v) is 0.610. The summed E-state index contributed by atoms with van der Waals surface area (Å²) < 4.78 is 0. The first-order valence-corrected chi connectivity index (χ1v) is 1.11. The summed E-state index contributed by atoms with van der Waals surface area (Å²) in [6.45, 7) is 0. The average molecular weight is 234 g/mol. The summed E-state index contributed by atoms with van der Waals surface area (Å²) in [5.74, 6) is -3.65. The monoisotopic (exact) mass is 232 g/mol. The molecule has 0 heterocycles. The SMILES string of the molecule is O=C(O)C(=O)O.[Nd]. The molecule has 0 rings (SSSR count). The van der Waals surface area contributed by atoms with E-state index in [0.29, 0.717) is 0 Å². The number of carboxylic acids is 2. The van der Waals surface area contributed by atoms with Crippen molar-refractivity contribution in [3.8, 4) is 0 Å². The molecule has 7 heavy (non-hydrogen) atoms. The average Bonchev–Trinajstić information content (AvgIpc) is 1.36. The zero-order valence-electron chi connectivity index (χ0n) is 3.21. The molecule has 4 nitrogen and oxygen atoms in total. The van der Waals surface area contributed by atoms with E-state index in [1.807, 2.05) is 0 Å². The first-order valence-electron chi connectivity index (χ1n) is 1.11. The minimum Gasteiger partial charge on any atom is -0.473 e. The van der Waals surface area contributed by atoms with Gasteiger partial charge >= 0.3 is 11.9 Å². The predicted molar refractivity (Wildman–Crippen MR) is 15.3 cm³/mol. The van der Waals surface area contributed by atoms with Gasteiger partial charge < -0.3 is 10.2 Å². The van der Waals surface area contributed by atoms with E-state index in [2.05, 4.69) is 0 Å². The minimum atomic E-state index is -1.82. The van der Waals surface area contributed by atoms with Crippen LogP contribution in [0.15, 0.2) is 0 Å². The van der Waals surface area contributed by atoms with Gasteiger partial charge in [0.25, 0.3) is 0 Å². The first kappa shape index (κ1) is 10.3. The third-order valence-electron chi connectivity index (χ3n) is 0.183. The fourth-order valence-corrected chi connectivity index (χ4v) is 0. The summed E-state index contributed by atoms with van der Waals surface area (Å²) >= 11 is 0. The largest absolute Gasteiger partial charge is 0.473 e. The van der Waals surface area contributed by atoms with E-state index in [1.54, 1.807) is 0 Å². The zero-order chi connectivity index (χ0) is 5.15. The molecule has 0 aliphatic heterocycles. The molecule has 0 unspecified atom stereocenters. The fourth-order valence-electron chi connectivity index (χ4n) is 0. The molecule has 0 saturated heterocycles. The van der Waals surface area contributed by atoms with Crippen LogP contribution in [0, 0.1) is 40.8 Å². The van der Waals surface area contributed by atoms with Crippen molar-refractivity contribution in [2.45, 2.75) is 0 Å². The van der Waals surface area contributed by atoms with Crippen LogP contribution in [0.5, 0.6) is 0 Å². The number of hydrogen-bond acceptors (Lipinski definition) is 2. The molecule has 0 bridgehead atoms. The van der Waals surface area contributed by atoms with E-state index < -0.39 is 11.9 Å². The van der Waals surface area contributed by atoms with E-state index in [1.165, 1.54) is 0 Å². The third-order valence-corrected chi connectivity index (χ3v) is 0.183. The Labute approximate surface area is 72.0 Å². The summed E-state index contributed by atoms with van der Waals surface area (Å²) in [5.41, 5.74) is 0. The number of rotatable bonds is 0. The molecule has 0 aromatic heterocycles. The fraction of sp³-hybridized carbons (Fsp3) is 0. The molecule has 0 atom stereocenters. The van der Waals surface area contributed by atoms with Crippen molar-refractivity contribution in [2.24, 2.45) is 0 Å². The smallest absolute Gasteiger partial charge is 0.414 e. The van der Waals surface area contributed by atoms with E-state index >= 15 is 0 Å². The maximum absolute atomic E-state index is 9.10. The summed E-state index contributed by atoms with van der Waals surface area (Å²) in [6.07, 6.45) is 0. The van der Waals surface area contributed by atoms with Crippen molar-refractivity contribution in [2.75, 3.05) is 0 Å². The van der Waals surface area contributed by atoms with Gasteiger partial charge in [0, 0.05) is 40.8 Å². The van der Waals surface area contributed by atoms with Crippen molar-refractivity contribution in [1.29, 1.82) is 0 Å². The van der Waals surface area contributed by atoms with Crippen LogP contribution < -0.4 is 0 Å². The second-order valence-electron chi connectivity index (χ2n) is 0.610. The van der Waals surface area contributed by atoms with Crippen LogP contribution in [-0.4, -0.2) is 22.2 Å². The van der Waals surface area contributed by atoms with E-state index in [9.17, 15) is 0 Å². The number of carboxylic acid groups (broad SMARTS) is 2. The molecule has 0 aliphatic carbocycles. The van der Waals surface area contributed by atoms with Gasteiger partial charge in [0.15, 0.2) is 0 Å². The Morgan fingerprint density at radius 1 is 1.00 bits per heavy atom. The maximum atomic E-state index is 9.10. The Morgan fingerprint density at radius 3 is 1.14 bits per heavy atom. The molecular formula is C2H2NdO4. The Morgan fingerprint density at radius 2 is 1.14 bits per heavy atom. The summed E-state index contributed by atoms with van der Waals surface area (Å²) in [7, 11) is 0. The van der Waals surface area contributed by atoms with Crippen molar-refractivity contribution in [3.63, 3.8) is 0 Å². The van der Waals surface area contributed by atoms with Crippen molar-refractivity contribution < 1.29 is 60.6 Å². The Balaban J connectivity index is 0. The second kappa shape index (κ2) is 4.45. The van der Waals surface area contributed by atoms with Crippen LogP contribution in [0.25, 0.3) is 0 Å². The Kier molecular flexibility index (Phi) is 6.55. The quantitative estimate of drug-likeness (QED) is 0.536. The van der Waals surface area contributed by atoms with Crippen LogP contribution in [0.2, 0.25) is 0 Å². The first-order chi connectivity index (χ1) is 2.64. The summed E-state index contributed by atoms with van der Waals surface area (Å²) in [6, 6.07) is 0. The van der Waals surface area contributed by atoms with Gasteiger partial charge in [0.2, 0.25) is 0 Å². The molecule has 5 heteroatoms. The van der Waals surface area contributed by atoms with Gasteiger partial charge in [-0.05, 0) is 0 Å². The predicted octanol–water partition coefficient (Wildman–Crippen LogP) is -0.844. The third kappa shape index (κ3) is 6.29. The number of aliphatic carboxylic acids is 2. The van der Waals surface area contributed by atoms with Crippen LogP contribution >= 0.6 is 0 Å². The summed E-state index contributed by atoms with van der Waals surface area (Å²) in [5, 5.41) is 14.8. The van der Waals surface area contributed by atoms with Crippen LogP contribution in [-0.2, 0) is 9.59 Å². The molecule has 0 aromatic rings. The Hall–Kier alpha value is 0.291. The molecule has 0 fully saturated rings. The molecule has 0 radical (unpaired) electrons. The summed E-state index contributed by atoms with van der Waals surface area (Å²) in [4.78, 5) is 18.2. The normalized spacial score (nSPS) is 6.29. The Bertz CT molecular complexity index is 75.7. The van der Waals surface area contributed by atoms with Gasteiger partial charge in [-0.2, -0.15) is 0 Å². The zero-order valence-corrected chi connectivity index (χ0v) is 6.42. The molecule has 0 saturated carbocycles. The minimum absolute atomic E-state index is 0. The van der Waals surface area contributed by atoms with E-state index in [0.717, 1.165) is 0 Å². The molecule has 0 amide bonds. The van der Waals surface area contributed by atoms with Gasteiger partial charge in [-0.25, -0.2) is 9.59 Å². The van der Waals surface area contributed by atoms with Gasteiger partial charge in [-0.3, -0.25) is 0 Å². The van der Waals surface area contributed by atoms with Crippen molar-refractivity contribution >= 4 is 11.9 Å². The van der Waals surface area contributed by atoms with E-state index in [-0.39, 0.29) is 40.8 Å². The van der Waals surface area contributed by atoms with Crippen molar-refractivity contribution in [3.05, 3.63) is 0 Å². The van der Waals surface area contributed by atoms with Crippen LogP contribution in [0.3, 0.4) is 0 Å². The standard InChI is InChI=1S/C2H2O4.Nd/c3-1(4)2(5)6;/h(H,3,4)(H,5,6);. The molecule has 0 aliphatic rings. The molecule has 2 N–H and O–H groups in total. The molecular weight excluding hydrogens is 232 g/mol. The molecule has 38 valence electrons. The van der Waals surface area contributed by atoms with Gasteiger partial charge in [0.1, 0.15) is 0 Å². The van der Waals surface area contributed by atoms with Crippen molar-refractivity contribution in [1.82, 2.24) is 0 Å². The topological polar surface area (TPSA) is 74.6 Å². The molecule has 0 spiro atoms. The number of carbonyl (C=O) groups is 2. The maximum Gasteiger partial charge on any atom is 0.414 e. The molecule has 0 aromatic carbocycles. The van der Waals surface area contributed by atoms with Gasteiger partial charge in [0.05, 0.1) is 0 Å². The van der Waals surface area contributed by atoms with Gasteiger partial charge in [-0.15, -0.1) is 0 Å². The van der Waals surface area contributed by atoms with Crippen LogP contribution in [0.1, 0.15) is 0 Å². The van der Waals surface area contributed by atoms with Crippen LogP contribution in [0.4, 0.5) is 0 Å². The number of hydrogen-bond donors (Lipinski definition) is 2. The van der Waals surface area contributed by atoms with E-state index in [4.69, 9.17) is 19.8 Å². The van der Waals surface area contributed by atoms with Gasteiger partial charge in [-0.1, -0.05) is 0 Å².